The van der Waals surface area contributed by atoms with E-state index in [-0.39, 0.29) is 8.61 Å². The molecule has 0 bridgehead atoms. The Kier molecular flexibility index (Phi) is 2.87. The number of rotatable bonds is 3. The van der Waals surface area contributed by atoms with Crippen molar-refractivity contribution in [3.05, 3.63) is 24.3 Å². The van der Waals surface area contributed by atoms with Crippen LogP contribution in [0, 0.1) is 0 Å². The van der Waals surface area contributed by atoms with Crippen LogP contribution in [0.5, 0.6) is 5.75 Å². The molecule has 0 spiro atoms. The molecule has 0 aromatic heterocycles. The van der Waals surface area contributed by atoms with E-state index in [1.54, 1.807) is 19.2 Å². The highest BCUT2D eigenvalue weighted by Crippen LogP contribution is 2.24. The van der Waals surface area contributed by atoms with Gasteiger partial charge in [0.15, 0.2) is 0 Å². The Morgan fingerprint density at radius 1 is 1.45 bits per heavy atom. The molecule has 1 aromatic rings. The van der Waals surface area contributed by atoms with Gasteiger partial charge >= 0.3 is 0 Å². The van der Waals surface area contributed by atoms with Crippen LogP contribution in [0.2, 0.25) is 0 Å². The molecule has 1 N–H and O–H groups in total. The Bertz CT molecular complexity index is 252. The smallest absolute Gasteiger partial charge is 0.279 e. The van der Waals surface area contributed by atoms with Crippen LogP contribution in [0.1, 0.15) is 0 Å². The quantitative estimate of drug-likeness (QED) is 0.705. The lowest BCUT2D eigenvalue weighted by molar-refractivity contribution is 0.417. The molecule has 0 saturated heterocycles. The van der Waals surface area contributed by atoms with E-state index in [0.717, 1.165) is 5.69 Å². The number of para-hydroxylation sites is 2. The summed E-state index contributed by atoms with van der Waals surface area (Å²) in [5, 5.41) is 2.62. The fourth-order valence-electron chi connectivity index (χ4n) is 0.786. The van der Waals surface area contributed by atoms with Gasteiger partial charge in [-0.05, 0) is 12.1 Å². The highest BCUT2D eigenvalue weighted by Gasteiger charge is 1.97. The average molecular weight is 169 g/mol. The van der Waals surface area contributed by atoms with Gasteiger partial charge in [0.2, 0.25) is 0 Å². The molecule has 0 amide bonds. The van der Waals surface area contributed by atoms with E-state index >= 15 is 0 Å². The fourth-order valence-corrected chi connectivity index (χ4v) is 1.07. The highest BCUT2D eigenvalue weighted by molar-refractivity contribution is 7.25. The summed E-state index contributed by atoms with van der Waals surface area (Å²) in [6.45, 7) is 0. The van der Waals surface area contributed by atoms with E-state index in [2.05, 4.69) is 5.09 Å². The van der Waals surface area contributed by atoms with Gasteiger partial charge in [0.05, 0.1) is 12.8 Å². The number of methoxy groups -OCH3 is 1. The molecular formula is C7H8NO2P. The number of anilines is 1. The molecule has 0 heterocycles. The lowest BCUT2D eigenvalue weighted by Gasteiger charge is -2.04. The molecule has 3 nitrogen and oxygen atoms in total. The van der Waals surface area contributed by atoms with Crippen LogP contribution in [0.15, 0.2) is 24.3 Å². The third kappa shape index (κ3) is 1.92. The standard InChI is InChI=1S/C7H8NO2P/c1-10-7-5-3-2-4-6(7)8-11-9/h2-5H,1H3,(H,8,9). The number of hydrogen-bond donors (Lipinski definition) is 1. The van der Waals surface area contributed by atoms with Crippen molar-refractivity contribution in [3.8, 4) is 5.75 Å². The van der Waals surface area contributed by atoms with Crippen LogP contribution >= 0.6 is 8.61 Å². The second-order valence-corrected chi connectivity index (χ2v) is 2.31. The Morgan fingerprint density at radius 3 is 2.82 bits per heavy atom. The number of nitrogens with one attached hydrogen (secondary N) is 1. The van der Waals surface area contributed by atoms with Crippen molar-refractivity contribution in [1.82, 2.24) is 0 Å². The molecule has 0 aliphatic heterocycles. The largest absolute Gasteiger partial charge is 0.495 e. The van der Waals surface area contributed by atoms with Crippen LogP contribution in [0.3, 0.4) is 0 Å². The van der Waals surface area contributed by atoms with Crippen molar-refractivity contribution >= 4 is 14.3 Å². The molecular weight excluding hydrogens is 161 g/mol. The average Bonchev–Trinajstić information content (AvgIpc) is 2.06. The van der Waals surface area contributed by atoms with Gasteiger partial charge in [-0.1, -0.05) is 12.1 Å². The summed E-state index contributed by atoms with van der Waals surface area (Å²) < 4.78 is 15.2. The first-order valence-corrected chi connectivity index (χ1v) is 3.91. The Labute approximate surface area is 66.6 Å². The topological polar surface area (TPSA) is 38.3 Å². The van der Waals surface area contributed by atoms with Crippen molar-refractivity contribution in [2.45, 2.75) is 0 Å². The maximum absolute atomic E-state index is 10.2. The minimum Gasteiger partial charge on any atom is -0.495 e. The minimum absolute atomic E-state index is 0.121. The molecule has 0 aliphatic carbocycles. The summed E-state index contributed by atoms with van der Waals surface area (Å²) in [6.07, 6.45) is 0. The summed E-state index contributed by atoms with van der Waals surface area (Å²) in [5.74, 6) is 0.691. The first-order chi connectivity index (χ1) is 5.38. The van der Waals surface area contributed by atoms with E-state index in [0.29, 0.717) is 5.75 Å². The van der Waals surface area contributed by atoms with Crippen molar-refractivity contribution in [2.75, 3.05) is 12.2 Å². The molecule has 0 aliphatic rings. The van der Waals surface area contributed by atoms with Crippen LogP contribution < -0.4 is 9.82 Å². The van der Waals surface area contributed by atoms with Crippen molar-refractivity contribution in [2.24, 2.45) is 0 Å². The molecule has 1 rings (SSSR count). The highest BCUT2D eigenvalue weighted by atomic mass is 31.1. The predicted molar refractivity (Wildman–Crippen MR) is 44.2 cm³/mol. The zero-order valence-electron chi connectivity index (χ0n) is 6.07. The monoisotopic (exact) mass is 169 g/mol. The third-order valence-electron chi connectivity index (χ3n) is 1.27. The Hall–Kier alpha value is -1.08. The maximum atomic E-state index is 10.2. The lowest BCUT2D eigenvalue weighted by Crippen LogP contribution is -1.87. The van der Waals surface area contributed by atoms with Crippen molar-refractivity contribution in [1.29, 1.82) is 0 Å². The van der Waals surface area contributed by atoms with Gasteiger partial charge in [0.1, 0.15) is 5.75 Å². The SMILES string of the molecule is COc1ccccc1NP=O. The number of benzene rings is 1. The van der Waals surface area contributed by atoms with E-state index in [1.165, 1.54) is 0 Å². The number of ether oxygens (including phenoxy) is 1. The number of hydrogen-bond acceptors (Lipinski definition) is 2. The fraction of sp³-hybridized carbons (Fsp3) is 0.143. The van der Waals surface area contributed by atoms with Crippen LogP contribution in [0.25, 0.3) is 0 Å². The first kappa shape index (κ1) is 8.02. The zero-order chi connectivity index (χ0) is 8.10. The molecule has 11 heavy (non-hydrogen) atoms. The summed E-state index contributed by atoms with van der Waals surface area (Å²) in [5.41, 5.74) is 0.728. The first-order valence-electron chi connectivity index (χ1n) is 3.10. The van der Waals surface area contributed by atoms with Gasteiger partial charge in [-0.25, -0.2) is 4.57 Å². The van der Waals surface area contributed by atoms with Crippen molar-refractivity contribution < 1.29 is 9.30 Å². The normalized spacial score (nSPS) is 9.55. The molecule has 1 aromatic carbocycles. The Balaban J connectivity index is 2.92. The molecule has 0 atom stereocenters. The van der Waals surface area contributed by atoms with Gasteiger partial charge in [-0.15, -0.1) is 0 Å². The van der Waals surface area contributed by atoms with E-state index < -0.39 is 0 Å². The van der Waals surface area contributed by atoms with E-state index in [9.17, 15) is 4.57 Å². The van der Waals surface area contributed by atoms with Crippen LogP contribution in [-0.2, 0) is 4.57 Å². The zero-order valence-corrected chi connectivity index (χ0v) is 6.97. The van der Waals surface area contributed by atoms with E-state index in [1.807, 2.05) is 12.1 Å². The predicted octanol–water partition coefficient (Wildman–Crippen LogP) is 2.31. The van der Waals surface area contributed by atoms with Crippen LogP contribution in [0.4, 0.5) is 5.69 Å². The summed E-state index contributed by atoms with van der Waals surface area (Å²) in [4.78, 5) is 0. The summed E-state index contributed by atoms with van der Waals surface area (Å²) in [6, 6.07) is 7.29. The van der Waals surface area contributed by atoms with Gasteiger partial charge in [-0.2, -0.15) is 0 Å². The van der Waals surface area contributed by atoms with E-state index in [4.69, 9.17) is 4.74 Å². The van der Waals surface area contributed by atoms with Crippen molar-refractivity contribution in [3.63, 3.8) is 0 Å². The maximum Gasteiger partial charge on any atom is 0.279 e. The van der Waals surface area contributed by atoms with Gasteiger partial charge in [0.25, 0.3) is 8.61 Å². The molecule has 0 unspecified atom stereocenters. The van der Waals surface area contributed by atoms with Gasteiger partial charge in [-0.3, -0.25) is 0 Å². The molecule has 0 radical (unpaired) electrons. The Morgan fingerprint density at radius 2 is 2.18 bits per heavy atom. The molecule has 0 fully saturated rings. The molecule has 58 valence electrons. The lowest BCUT2D eigenvalue weighted by atomic mass is 10.3. The summed E-state index contributed by atoms with van der Waals surface area (Å²) >= 11 is 0. The van der Waals surface area contributed by atoms with Gasteiger partial charge in [0, 0.05) is 0 Å². The van der Waals surface area contributed by atoms with Gasteiger partial charge < -0.3 is 9.82 Å². The molecule has 4 heteroatoms. The molecule has 0 saturated carbocycles. The second kappa shape index (κ2) is 3.94. The van der Waals surface area contributed by atoms with Crippen LogP contribution in [-0.4, -0.2) is 7.11 Å². The minimum atomic E-state index is -0.121. The summed E-state index contributed by atoms with van der Waals surface area (Å²) in [7, 11) is 1.45. The second-order valence-electron chi connectivity index (χ2n) is 1.90. The third-order valence-corrected chi connectivity index (χ3v) is 1.61.